The van der Waals surface area contributed by atoms with Crippen LogP contribution < -0.4 is 31.1 Å². The summed E-state index contributed by atoms with van der Waals surface area (Å²) in [6.07, 6.45) is 0. The predicted molar refractivity (Wildman–Crippen MR) is 458 cm³/mol. The van der Waals surface area contributed by atoms with E-state index < -0.39 is 0 Å². The Hall–Kier alpha value is -13.0. The van der Waals surface area contributed by atoms with Crippen molar-refractivity contribution in [2.75, 3.05) is 14.7 Å². The fourth-order valence-corrected chi connectivity index (χ4v) is 17.4. The number of anilines is 9. The van der Waals surface area contributed by atoms with E-state index in [4.69, 9.17) is 0 Å². The third kappa shape index (κ3) is 10.7. The smallest absolute Gasteiger partial charge is 0.252 e. The fourth-order valence-electron chi connectivity index (χ4n) is 17.4. The number of hydrogen-bond donors (Lipinski definition) is 0. The van der Waals surface area contributed by atoms with E-state index in [0.717, 1.165) is 79.1 Å². The zero-order valence-electron chi connectivity index (χ0n) is 60.9. The molecular formula is C102H77BN4. The molecule has 3 heterocycles. The summed E-state index contributed by atoms with van der Waals surface area (Å²) in [5.74, 6) is 0. The first-order valence-corrected chi connectivity index (χ1v) is 37.6. The van der Waals surface area contributed by atoms with Crippen molar-refractivity contribution in [3.63, 3.8) is 0 Å². The van der Waals surface area contributed by atoms with Crippen molar-refractivity contribution in [2.45, 2.75) is 52.4 Å². The lowest BCUT2D eigenvalue weighted by Gasteiger charge is -2.45. The molecule has 0 aliphatic carbocycles. The molecular weight excluding hydrogens is 1290 g/mol. The molecule has 1 aromatic heterocycles. The molecule has 17 aromatic carbocycles. The van der Waals surface area contributed by atoms with Gasteiger partial charge in [-0.05, 0) is 229 Å². The molecule has 0 atom stereocenters. The molecule has 0 saturated carbocycles. The highest BCUT2D eigenvalue weighted by Gasteiger charge is 2.45. The van der Waals surface area contributed by atoms with Crippen molar-refractivity contribution < 1.29 is 0 Å². The van der Waals surface area contributed by atoms with E-state index in [2.05, 4.69) is 419 Å². The second kappa shape index (κ2) is 24.9. The van der Waals surface area contributed by atoms with Crippen LogP contribution in [0.15, 0.2) is 358 Å². The Balaban J connectivity index is 0.899. The molecule has 508 valence electrons. The van der Waals surface area contributed by atoms with Crippen LogP contribution in [0.25, 0.3) is 115 Å². The molecule has 2 aliphatic rings. The molecule has 0 spiro atoms. The molecule has 0 amide bonds. The van der Waals surface area contributed by atoms with Crippen molar-refractivity contribution in [3.8, 4) is 61.3 Å². The molecule has 0 saturated heterocycles. The maximum Gasteiger partial charge on any atom is 0.252 e. The molecule has 4 nitrogen and oxygen atoms in total. The zero-order valence-corrected chi connectivity index (χ0v) is 60.9. The van der Waals surface area contributed by atoms with Gasteiger partial charge in [-0.2, -0.15) is 0 Å². The molecule has 18 aromatic rings. The van der Waals surface area contributed by atoms with E-state index in [1.165, 1.54) is 115 Å². The van der Waals surface area contributed by atoms with Gasteiger partial charge in [0.2, 0.25) is 0 Å². The van der Waals surface area contributed by atoms with Crippen molar-refractivity contribution in [2.24, 2.45) is 0 Å². The number of hydrogen-bond acceptors (Lipinski definition) is 3. The van der Waals surface area contributed by atoms with Gasteiger partial charge in [0.25, 0.3) is 6.71 Å². The Bertz CT molecular complexity index is 6340. The standard InChI is InChI=1S/C102H77BN4/c1-101(2,3)78-57-75-35-36-76-58-79(102(4,5)6)62-89-88(60-77(59-78)98(75)99(76)89)74-45-56-94-91(61-74)103-90-55-54-84(107-92-33-21-19-31-86(92)87-32-20-22-34-93(87)107)63-95(90)106(83-52-43-73(44-53-83)69-29-17-10-18-30-69)97-65-85(64-96(100(97)103)105(94)82-50-41-72(42-51-82)68-27-15-9-16-28-68)104(80-46-37-70(38-47-80)66-23-11-7-12-24-66)81-48-39-71(40-49-81)67-25-13-8-14-26-67/h7-65H,1-6H3. The van der Waals surface area contributed by atoms with Crippen LogP contribution in [-0.4, -0.2) is 11.3 Å². The number of aromatic nitrogens is 1. The van der Waals surface area contributed by atoms with E-state index in [9.17, 15) is 0 Å². The lowest BCUT2D eigenvalue weighted by Crippen LogP contribution is -2.61. The summed E-state index contributed by atoms with van der Waals surface area (Å²) in [6.45, 7) is 13.8. The highest BCUT2D eigenvalue weighted by molar-refractivity contribution is 7.00. The Labute approximate surface area is 626 Å². The summed E-state index contributed by atoms with van der Waals surface area (Å²) in [6, 6.07) is 135. The van der Waals surface area contributed by atoms with Gasteiger partial charge >= 0.3 is 0 Å². The average molecular weight is 1370 g/mol. The summed E-state index contributed by atoms with van der Waals surface area (Å²) in [5.41, 5.74) is 31.1. The first-order valence-electron chi connectivity index (χ1n) is 37.6. The minimum absolute atomic E-state index is 0.0613. The summed E-state index contributed by atoms with van der Waals surface area (Å²) < 4.78 is 2.48. The van der Waals surface area contributed by atoms with Crippen LogP contribution in [0.4, 0.5) is 51.2 Å². The first-order chi connectivity index (χ1) is 52.3. The van der Waals surface area contributed by atoms with Crippen LogP contribution in [0.5, 0.6) is 0 Å². The van der Waals surface area contributed by atoms with Crippen LogP contribution in [0.3, 0.4) is 0 Å². The summed E-state index contributed by atoms with van der Waals surface area (Å²) in [5, 5.41) is 10.2. The van der Waals surface area contributed by atoms with Gasteiger partial charge in [0.15, 0.2) is 0 Å². The van der Waals surface area contributed by atoms with Crippen molar-refractivity contribution in [1.29, 1.82) is 0 Å². The highest BCUT2D eigenvalue weighted by atomic mass is 15.2. The zero-order chi connectivity index (χ0) is 71.8. The van der Waals surface area contributed by atoms with Gasteiger partial charge in [0.1, 0.15) is 0 Å². The molecule has 0 bridgehead atoms. The van der Waals surface area contributed by atoms with Crippen LogP contribution in [-0.2, 0) is 10.8 Å². The van der Waals surface area contributed by atoms with Gasteiger partial charge in [-0.25, -0.2) is 0 Å². The van der Waals surface area contributed by atoms with Crippen molar-refractivity contribution >= 4 is 128 Å². The maximum atomic E-state index is 2.60. The van der Waals surface area contributed by atoms with Crippen molar-refractivity contribution in [1.82, 2.24) is 4.57 Å². The number of benzene rings is 17. The molecule has 0 fully saturated rings. The van der Waals surface area contributed by atoms with Crippen LogP contribution >= 0.6 is 0 Å². The van der Waals surface area contributed by atoms with Crippen LogP contribution in [0.1, 0.15) is 52.7 Å². The Morgan fingerprint density at radius 1 is 0.262 bits per heavy atom. The lowest BCUT2D eigenvalue weighted by molar-refractivity contribution is 0.591. The second-order valence-corrected chi connectivity index (χ2v) is 31.3. The summed E-state index contributed by atoms with van der Waals surface area (Å²) in [4.78, 5) is 7.68. The van der Waals surface area contributed by atoms with Gasteiger partial charge in [-0.15, -0.1) is 0 Å². The van der Waals surface area contributed by atoms with Gasteiger partial charge < -0.3 is 19.3 Å². The van der Waals surface area contributed by atoms with E-state index in [1.807, 2.05) is 0 Å². The van der Waals surface area contributed by atoms with Gasteiger partial charge in [-0.3, -0.25) is 0 Å². The number of nitrogens with zero attached hydrogens (tertiary/aromatic N) is 4. The van der Waals surface area contributed by atoms with E-state index in [-0.39, 0.29) is 17.5 Å². The minimum atomic E-state index is -0.247. The van der Waals surface area contributed by atoms with Gasteiger partial charge in [-0.1, -0.05) is 296 Å². The minimum Gasteiger partial charge on any atom is -0.311 e. The summed E-state index contributed by atoms with van der Waals surface area (Å²) in [7, 11) is 0. The molecule has 5 heteroatoms. The van der Waals surface area contributed by atoms with Crippen LogP contribution in [0, 0.1) is 0 Å². The third-order valence-electron chi connectivity index (χ3n) is 22.8. The molecule has 0 radical (unpaired) electrons. The second-order valence-electron chi connectivity index (χ2n) is 31.3. The highest BCUT2D eigenvalue weighted by Crippen LogP contribution is 2.52. The average Bonchev–Trinajstić information content (AvgIpc) is 0.782. The van der Waals surface area contributed by atoms with E-state index in [0.29, 0.717) is 0 Å². The molecule has 0 N–H and O–H groups in total. The molecule has 107 heavy (non-hydrogen) atoms. The largest absolute Gasteiger partial charge is 0.311 e. The normalized spacial score (nSPS) is 12.7. The third-order valence-corrected chi connectivity index (χ3v) is 22.8. The van der Waals surface area contributed by atoms with Gasteiger partial charge in [0, 0.05) is 62.0 Å². The Morgan fingerprint density at radius 2 is 0.664 bits per heavy atom. The predicted octanol–water partition coefficient (Wildman–Crippen LogP) is 26.2. The maximum absolute atomic E-state index is 2.60. The Morgan fingerprint density at radius 3 is 1.15 bits per heavy atom. The van der Waals surface area contributed by atoms with Crippen molar-refractivity contribution in [3.05, 3.63) is 369 Å². The monoisotopic (exact) mass is 1370 g/mol. The topological polar surface area (TPSA) is 14.7 Å². The first kappa shape index (κ1) is 63.7. The number of para-hydroxylation sites is 2. The number of fused-ring (bicyclic) bond motifs is 7. The van der Waals surface area contributed by atoms with Crippen LogP contribution in [0.2, 0.25) is 0 Å². The number of rotatable bonds is 11. The molecule has 20 rings (SSSR count). The molecule has 2 aliphatic heterocycles. The van der Waals surface area contributed by atoms with Gasteiger partial charge in [0.05, 0.1) is 16.7 Å². The molecule has 0 unspecified atom stereocenters. The summed E-state index contributed by atoms with van der Waals surface area (Å²) >= 11 is 0. The van der Waals surface area contributed by atoms with E-state index in [1.54, 1.807) is 0 Å². The fraction of sp³-hybridized carbons (Fsp3) is 0.0784. The SMILES string of the molecule is CC(C)(C)c1cc2ccc3cc(C(C)(C)C)cc4c(-c5ccc6c(c5)B5c7ccc(-n8c9ccccc9c9ccccc98)cc7N(c7ccc(-c8ccccc8)cc7)c7cc(N(c8ccc(-c9ccccc9)cc8)c8ccc(-c9ccccc9)cc8)cc(c75)N6c5ccc(-c6ccccc6)cc5)cc(c1)c2c34. The quantitative estimate of drug-likeness (QED) is 0.0947. The Kier molecular flexibility index (Phi) is 14.8. The van der Waals surface area contributed by atoms with E-state index >= 15 is 0 Å². The lowest BCUT2D eigenvalue weighted by atomic mass is 9.33.